The van der Waals surface area contributed by atoms with Crippen LogP contribution >= 0.6 is 0 Å². The summed E-state index contributed by atoms with van der Waals surface area (Å²) in [6.45, 7) is 5.06. The molecule has 19 heavy (non-hydrogen) atoms. The maximum absolute atomic E-state index is 13.9. The van der Waals surface area contributed by atoms with Crippen molar-refractivity contribution in [2.24, 2.45) is 5.73 Å². The summed E-state index contributed by atoms with van der Waals surface area (Å²) in [7, 11) is 0. The fraction of sp³-hybridized carbons (Fsp3) is 0.600. The van der Waals surface area contributed by atoms with Gasteiger partial charge < -0.3 is 10.5 Å². The third kappa shape index (κ3) is 3.53. The van der Waals surface area contributed by atoms with E-state index in [1.165, 1.54) is 6.07 Å². The van der Waals surface area contributed by atoms with E-state index in [0.717, 1.165) is 32.5 Å². The largest absolute Gasteiger partial charge is 0.378 e. The van der Waals surface area contributed by atoms with Crippen LogP contribution in [0.25, 0.3) is 0 Å². The molecule has 106 valence electrons. The lowest BCUT2D eigenvalue weighted by molar-refractivity contribution is 0.00419. The fourth-order valence-electron chi connectivity index (χ4n) is 2.81. The second-order valence-electron chi connectivity index (χ2n) is 4.96. The van der Waals surface area contributed by atoms with E-state index in [0.29, 0.717) is 18.2 Å². The van der Waals surface area contributed by atoms with Gasteiger partial charge in [-0.15, -0.1) is 0 Å². The van der Waals surface area contributed by atoms with E-state index in [1.54, 1.807) is 6.07 Å². The van der Waals surface area contributed by atoms with Gasteiger partial charge in [0.05, 0.1) is 6.10 Å². The zero-order chi connectivity index (χ0) is 13.7. The average Bonchev–Trinajstić information content (AvgIpc) is 2.44. The first-order chi connectivity index (χ1) is 9.26. The van der Waals surface area contributed by atoms with Gasteiger partial charge in [-0.3, -0.25) is 4.90 Å². The molecule has 0 spiro atoms. The number of likely N-dealkylation sites (tertiary alicyclic amines) is 1. The van der Waals surface area contributed by atoms with Gasteiger partial charge in [-0.1, -0.05) is 18.2 Å². The Hall–Kier alpha value is -0.970. The molecule has 1 aliphatic heterocycles. The number of rotatable bonds is 5. The summed E-state index contributed by atoms with van der Waals surface area (Å²) in [6, 6.07) is 6.90. The highest BCUT2D eigenvalue weighted by Crippen LogP contribution is 2.26. The van der Waals surface area contributed by atoms with Crippen molar-refractivity contribution < 1.29 is 9.13 Å². The molecule has 0 bridgehead atoms. The molecule has 1 heterocycles. The van der Waals surface area contributed by atoms with Crippen LogP contribution in [0.3, 0.4) is 0 Å². The van der Waals surface area contributed by atoms with Crippen LogP contribution in [0.5, 0.6) is 0 Å². The first kappa shape index (κ1) is 14.4. The van der Waals surface area contributed by atoms with Crippen LogP contribution in [0.2, 0.25) is 0 Å². The highest BCUT2D eigenvalue weighted by Gasteiger charge is 2.26. The average molecular weight is 266 g/mol. The van der Waals surface area contributed by atoms with Crippen LogP contribution < -0.4 is 5.73 Å². The standard InChI is InChI=1S/C15H23FN2O/c1-2-19-12-7-9-18(10-8-12)15(11-17)13-5-3-4-6-14(13)16/h3-6,12,15H,2,7-11,17H2,1H3. The Morgan fingerprint density at radius 3 is 2.63 bits per heavy atom. The Kier molecular flexibility index (Phi) is 5.31. The summed E-state index contributed by atoms with van der Waals surface area (Å²) in [4.78, 5) is 2.27. The van der Waals surface area contributed by atoms with Crippen LogP contribution in [-0.2, 0) is 4.74 Å². The van der Waals surface area contributed by atoms with Gasteiger partial charge >= 0.3 is 0 Å². The van der Waals surface area contributed by atoms with Gasteiger partial charge in [-0.05, 0) is 25.8 Å². The minimum Gasteiger partial charge on any atom is -0.378 e. The van der Waals surface area contributed by atoms with Gasteiger partial charge in [0.25, 0.3) is 0 Å². The molecule has 1 saturated heterocycles. The number of benzene rings is 1. The Morgan fingerprint density at radius 1 is 1.37 bits per heavy atom. The SMILES string of the molecule is CCOC1CCN(C(CN)c2ccccc2F)CC1. The van der Waals surface area contributed by atoms with Crippen LogP contribution in [0, 0.1) is 5.82 Å². The van der Waals surface area contributed by atoms with Gasteiger partial charge in [0.2, 0.25) is 0 Å². The number of nitrogens with two attached hydrogens (primary N) is 1. The molecule has 0 radical (unpaired) electrons. The number of hydrogen-bond acceptors (Lipinski definition) is 3. The van der Waals surface area contributed by atoms with Crippen molar-refractivity contribution in [1.82, 2.24) is 4.90 Å². The van der Waals surface area contributed by atoms with E-state index in [-0.39, 0.29) is 11.9 Å². The second kappa shape index (κ2) is 6.98. The molecule has 1 atom stereocenters. The van der Waals surface area contributed by atoms with Crippen molar-refractivity contribution in [2.45, 2.75) is 31.9 Å². The van der Waals surface area contributed by atoms with Crippen molar-refractivity contribution in [2.75, 3.05) is 26.2 Å². The molecule has 0 saturated carbocycles. The topological polar surface area (TPSA) is 38.5 Å². The predicted molar refractivity (Wildman–Crippen MR) is 74.4 cm³/mol. The van der Waals surface area contributed by atoms with Gasteiger partial charge in [0.1, 0.15) is 5.82 Å². The normalized spacial score (nSPS) is 19.5. The smallest absolute Gasteiger partial charge is 0.128 e. The highest BCUT2D eigenvalue weighted by atomic mass is 19.1. The van der Waals surface area contributed by atoms with Gasteiger partial charge in [0, 0.05) is 37.8 Å². The zero-order valence-electron chi connectivity index (χ0n) is 11.5. The van der Waals surface area contributed by atoms with E-state index in [4.69, 9.17) is 10.5 Å². The molecule has 1 aromatic carbocycles. The molecule has 3 nitrogen and oxygen atoms in total. The summed E-state index contributed by atoms with van der Waals surface area (Å²) in [5.41, 5.74) is 6.57. The van der Waals surface area contributed by atoms with E-state index < -0.39 is 0 Å². The van der Waals surface area contributed by atoms with Crippen LogP contribution in [-0.4, -0.2) is 37.2 Å². The molecule has 0 amide bonds. The summed E-state index contributed by atoms with van der Waals surface area (Å²) in [6.07, 6.45) is 2.35. The third-order valence-electron chi connectivity index (χ3n) is 3.81. The monoisotopic (exact) mass is 266 g/mol. The third-order valence-corrected chi connectivity index (χ3v) is 3.81. The van der Waals surface area contributed by atoms with E-state index in [1.807, 2.05) is 19.1 Å². The summed E-state index contributed by atoms with van der Waals surface area (Å²) >= 11 is 0. The number of ether oxygens (including phenoxy) is 1. The molecule has 1 fully saturated rings. The summed E-state index contributed by atoms with van der Waals surface area (Å²) in [5.74, 6) is -0.162. The Morgan fingerprint density at radius 2 is 2.05 bits per heavy atom. The summed E-state index contributed by atoms with van der Waals surface area (Å²) in [5, 5.41) is 0. The number of nitrogens with zero attached hydrogens (tertiary/aromatic N) is 1. The van der Waals surface area contributed by atoms with Crippen LogP contribution in [0.15, 0.2) is 24.3 Å². The molecule has 1 aliphatic rings. The van der Waals surface area contributed by atoms with E-state index >= 15 is 0 Å². The van der Waals surface area contributed by atoms with Gasteiger partial charge in [0.15, 0.2) is 0 Å². The van der Waals surface area contributed by atoms with Crippen molar-refractivity contribution in [3.8, 4) is 0 Å². The molecule has 1 aromatic rings. The van der Waals surface area contributed by atoms with Crippen molar-refractivity contribution in [3.63, 3.8) is 0 Å². The number of hydrogen-bond donors (Lipinski definition) is 1. The minimum atomic E-state index is -0.162. The number of piperidine rings is 1. The molecular weight excluding hydrogens is 243 g/mol. The first-order valence-electron chi connectivity index (χ1n) is 7.06. The first-order valence-corrected chi connectivity index (χ1v) is 7.06. The fourth-order valence-corrected chi connectivity index (χ4v) is 2.81. The molecule has 0 aromatic heterocycles. The minimum absolute atomic E-state index is 0.0243. The molecule has 4 heteroatoms. The molecule has 1 unspecified atom stereocenters. The van der Waals surface area contributed by atoms with Crippen LogP contribution in [0.4, 0.5) is 4.39 Å². The van der Waals surface area contributed by atoms with Gasteiger partial charge in [-0.25, -0.2) is 4.39 Å². The molecule has 2 N–H and O–H groups in total. The Bertz CT molecular complexity index is 391. The van der Waals surface area contributed by atoms with Gasteiger partial charge in [-0.2, -0.15) is 0 Å². The Balaban J connectivity index is 2.02. The zero-order valence-corrected chi connectivity index (χ0v) is 11.5. The quantitative estimate of drug-likeness (QED) is 0.889. The van der Waals surface area contributed by atoms with Crippen LogP contribution in [0.1, 0.15) is 31.4 Å². The number of halogens is 1. The van der Waals surface area contributed by atoms with E-state index in [9.17, 15) is 4.39 Å². The van der Waals surface area contributed by atoms with Crippen molar-refractivity contribution >= 4 is 0 Å². The van der Waals surface area contributed by atoms with Crippen molar-refractivity contribution in [3.05, 3.63) is 35.6 Å². The Labute approximate surface area is 114 Å². The lowest BCUT2D eigenvalue weighted by Crippen LogP contribution is -2.42. The molecule has 2 rings (SSSR count). The lowest BCUT2D eigenvalue weighted by atomic mass is 10.00. The maximum atomic E-state index is 13.9. The molecular formula is C15H23FN2O. The molecule has 0 aliphatic carbocycles. The highest BCUT2D eigenvalue weighted by molar-refractivity contribution is 5.21. The maximum Gasteiger partial charge on any atom is 0.128 e. The predicted octanol–water partition coefficient (Wildman–Crippen LogP) is 2.33. The van der Waals surface area contributed by atoms with E-state index in [2.05, 4.69) is 4.90 Å². The second-order valence-corrected chi connectivity index (χ2v) is 4.96. The summed E-state index contributed by atoms with van der Waals surface area (Å²) < 4.78 is 19.5. The lowest BCUT2D eigenvalue weighted by Gasteiger charge is -2.37. The van der Waals surface area contributed by atoms with Crippen molar-refractivity contribution in [1.29, 1.82) is 0 Å².